The monoisotopic (exact) mass is 141 g/mol. The second kappa shape index (κ2) is 1.85. The number of hydrogen-bond donors (Lipinski definition) is 1. The predicted molar refractivity (Wildman–Crippen MR) is 40.6 cm³/mol. The highest BCUT2D eigenvalue weighted by molar-refractivity contribution is 5.09. The van der Waals surface area contributed by atoms with E-state index in [1.54, 1.807) is 0 Å². The summed E-state index contributed by atoms with van der Waals surface area (Å²) in [7, 11) is 0. The number of fused-ring (bicyclic) bond motifs is 2. The van der Waals surface area contributed by atoms with E-state index in [2.05, 4.69) is 0 Å². The zero-order valence-electron chi connectivity index (χ0n) is 8.93. The lowest BCUT2D eigenvalue weighted by molar-refractivity contribution is 0.0344. The zero-order valence-corrected chi connectivity index (χ0v) is 5.93. The van der Waals surface area contributed by atoms with Crippen LogP contribution in [0, 0.1) is 11.8 Å². The van der Waals surface area contributed by atoms with Gasteiger partial charge < -0.3 is 5.11 Å². The molecule has 0 spiro atoms. The maximum Gasteiger partial charge on any atom is 0.0855 e. The van der Waals surface area contributed by atoms with Gasteiger partial charge in [-0.2, -0.15) is 0 Å². The summed E-state index contributed by atoms with van der Waals surface area (Å²) in [6.07, 6.45) is 3.67. The van der Waals surface area contributed by atoms with Gasteiger partial charge in [0.15, 0.2) is 0 Å². The third-order valence-corrected chi connectivity index (χ3v) is 3.03. The van der Waals surface area contributed by atoms with E-state index in [1.807, 2.05) is 0 Å². The largest absolute Gasteiger partial charge is 0.386 e. The van der Waals surface area contributed by atoms with E-state index in [9.17, 15) is 5.11 Å². The third kappa shape index (κ3) is 0.671. The Morgan fingerprint density at radius 2 is 2.70 bits per heavy atom. The van der Waals surface area contributed by atoms with Gasteiger partial charge >= 0.3 is 0 Å². The van der Waals surface area contributed by atoms with Crippen molar-refractivity contribution in [2.45, 2.75) is 31.3 Å². The summed E-state index contributed by atoms with van der Waals surface area (Å²) in [5.41, 5.74) is -1.14. The van der Waals surface area contributed by atoms with Gasteiger partial charge in [-0.1, -0.05) is 6.05 Å². The van der Waals surface area contributed by atoms with Crippen molar-refractivity contribution in [3.63, 3.8) is 0 Å². The van der Waals surface area contributed by atoms with Gasteiger partial charge in [-0.15, -0.1) is 6.53 Å². The summed E-state index contributed by atoms with van der Waals surface area (Å²) in [5, 5.41) is 10.1. The Kier molecular flexibility index (Phi) is 0.723. The van der Waals surface area contributed by atoms with Crippen molar-refractivity contribution in [2.75, 3.05) is 0 Å². The summed E-state index contributed by atoms with van der Waals surface area (Å²) in [6.45, 7) is -0.532. The first-order chi connectivity index (χ1) is 6.04. The SMILES string of the molecule is [2H]C([2H])=C([2H])C1(O)CC2CCC1C2. The van der Waals surface area contributed by atoms with Crippen LogP contribution in [-0.2, 0) is 0 Å². The first-order valence-electron chi connectivity index (χ1n) is 5.41. The molecule has 2 rings (SSSR count). The molecule has 1 N–H and O–H groups in total. The highest BCUT2D eigenvalue weighted by atomic mass is 16.3. The van der Waals surface area contributed by atoms with Crippen molar-refractivity contribution in [1.82, 2.24) is 0 Å². The standard InChI is InChI=1S/C9H14O/c1-2-9(10)6-7-3-4-8(9)5-7/h2,7-8,10H,1,3-6H2/i1D2,2D. The summed E-state index contributed by atoms with van der Waals surface area (Å²) >= 11 is 0. The van der Waals surface area contributed by atoms with E-state index in [1.165, 1.54) is 0 Å². The molecule has 0 aromatic heterocycles. The molecule has 0 aromatic rings. The molecule has 0 saturated heterocycles. The van der Waals surface area contributed by atoms with Crippen LogP contribution in [0.4, 0.5) is 0 Å². The average molecular weight is 141 g/mol. The number of rotatable bonds is 1. The van der Waals surface area contributed by atoms with E-state index < -0.39 is 12.1 Å². The minimum absolute atomic E-state index is 0.135. The molecule has 0 aliphatic heterocycles. The summed E-state index contributed by atoms with van der Waals surface area (Å²) in [4.78, 5) is 0. The van der Waals surface area contributed by atoms with Crippen molar-refractivity contribution in [3.05, 3.63) is 12.6 Å². The molecule has 3 unspecified atom stereocenters. The Hall–Kier alpha value is -0.300. The lowest BCUT2D eigenvalue weighted by Gasteiger charge is -2.28. The van der Waals surface area contributed by atoms with Gasteiger partial charge in [0.1, 0.15) is 0 Å². The Morgan fingerprint density at radius 1 is 1.80 bits per heavy atom. The van der Waals surface area contributed by atoms with Crippen LogP contribution in [0.5, 0.6) is 0 Å². The van der Waals surface area contributed by atoms with Crippen molar-refractivity contribution in [2.24, 2.45) is 11.8 Å². The Balaban J connectivity index is 2.28. The normalized spacial score (nSPS) is 55.5. The fourth-order valence-electron chi connectivity index (χ4n) is 2.45. The van der Waals surface area contributed by atoms with Crippen LogP contribution in [0.2, 0.25) is 0 Å². The van der Waals surface area contributed by atoms with Crippen molar-refractivity contribution < 1.29 is 9.22 Å². The molecule has 56 valence electrons. The lowest BCUT2D eigenvalue weighted by atomic mass is 9.84. The van der Waals surface area contributed by atoms with Crippen LogP contribution in [0.25, 0.3) is 0 Å². The minimum Gasteiger partial charge on any atom is -0.386 e. The molecule has 1 nitrogen and oxygen atoms in total. The van der Waals surface area contributed by atoms with Crippen LogP contribution in [-0.4, -0.2) is 10.7 Å². The Morgan fingerprint density at radius 3 is 3.20 bits per heavy atom. The van der Waals surface area contributed by atoms with Gasteiger partial charge in [-0.3, -0.25) is 0 Å². The van der Waals surface area contributed by atoms with Gasteiger partial charge in [0.2, 0.25) is 0 Å². The van der Waals surface area contributed by atoms with E-state index in [0.717, 1.165) is 19.3 Å². The van der Waals surface area contributed by atoms with Gasteiger partial charge in [0.25, 0.3) is 0 Å². The van der Waals surface area contributed by atoms with Crippen molar-refractivity contribution in [3.8, 4) is 0 Å². The first kappa shape index (κ1) is 3.91. The summed E-state index contributed by atoms with van der Waals surface area (Å²) < 4.78 is 21.6. The second-order valence-electron chi connectivity index (χ2n) is 3.63. The third-order valence-electron chi connectivity index (χ3n) is 3.03. The molecule has 2 aliphatic rings. The molecule has 0 aromatic carbocycles. The summed E-state index contributed by atoms with van der Waals surface area (Å²) in [6, 6.07) is -0.181. The maximum absolute atomic E-state index is 10.1. The molecule has 2 fully saturated rings. The van der Waals surface area contributed by atoms with Gasteiger partial charge in [-0.25, -0.2) is 0 Å². The van der Waals surface area contributed by atoms with Crippen molar-refractivity contribution >= 4 is 0 Å². The van der Waals surface area contributed by atoms with Crippen LogP contribution in [0.3, 0.4) is 0 Å². The predicted octanol–water partition coefficient (Wildman–Crippen LogP) is 1.72. The molecule has 0 radical (unpaired) electrons. The Labute approximate surface area is 66.0 Å². The van der Waals surface area contributed by atoms with Crippen LogP contribution < -0.4 is 0 Å². The average Bonchev–Trinajstić information content (AvgIpc) is 2.62. The number of hydrogen-bond acceptors (Lipinski definition) is 1. The highest BCUT2D eigenvalue weighted by Crippen LogP contribution is 2.51. The fraction of sp³-hybridized carbons (Fsp3) is 0.778. The molecule has 2 aliphatic carbocycles. The highest BCUT2D eigenvalue weighted by Gasteiger charge is 2.47. The van der Waals surface area contributed by atoms with Crippen LogP contribution >= 0.6 is 0 Å². The van der Waals surface area contributed by atoms with Crippen LogP contribution in [0.15, 0.2) is 12.6 Å². The minimum atomic E-state index is -1.14. The molecular weight excluding hydrogens is 124 g/mol. The number of aliphatic hydroxyl groups is 1. The van der Waals surface area contributed by atoms with Gasteiger partial charge in [-0.05, 0) is 37.5 Å². The van der Waals surface area contributed by atoms with E-state index >= 15 is 0 Å². The molecule has 1 heteroatoms. The quantitative estimate of drug-likeness (QED) is 0.551. The Bertz CT molecular complexity index is 260. The molecule has 0 heterocycles. The van der Waals surface area contributed by atoms with Gasteiger partial charge in [0.05, 0.1) is 9.71 Å². The van der Waals surface area contributed by atoms with E-state index in [0.29, 0.717) is 12.3 Å². The molecular formula is C9H14O. The topological polar surface area (TPSA) is 20.2 Å². The second-order valence-corrected chi connectivity index (χ2v) is 3.63. The van der Waals surface area contributed by atoms with E-state index in [-0.39, 0.29) is 12.0 Å². The fourth-order valence-corrected chi connectivity index (χ4v) is 2.45. The van der Waals surface area contributed by atoms with Gasteiger partial charge in [0, 0.05) is 0 Å². The smallest absolute Gasteiger partial charge is 0.0855 e. The molecule has 3 atom stereocenters. The summed E-state index contributed by atoms with van der Waals surface area (Å²) in [5.74, 6) is 0.658. The molecule has 10 heavy (non-hydrogen) atoms. The molecule has 2 bridgehead atoms. The first-order valence-corrected chi connectivity index (χ1v) is 3.91. The van der Waals surface area contributed by atoms with Crippen molar-refractivity contribution in [1.29, 1.82) is 0 Å². The van der Waals surface area contributed by atoms with E-state index in [4.69, 9.17) is 4.11 Å². The lowest BCUT2D eigenvalue weighted by Crippen LogP contribution is -2.32. The van der Waals surface area contributed by atoms with Crippen LogP contribution in [0.1, 0.15) is 29.8 Å². The zero-order chi connectivity index (χ0) is 9.64. The molecule has 2 saturated carbocycles. The molecule has 0 amide bonds. The maximum atomic E-state index is 10.1.